The van der Waals surface area contributed by atoms with Crippen LogP contribution in [0.25, 0.3) is 11.0 Å². The summed E-state index contributed by atoms with van der Waals surface area (Å²) < 4.78 is 7.20. The zero-order valence-corrected chi connectivity index (χ0v) is 16.4. The Balaban J connectivity index is 1.37. The summed E-state index contributed by atoms with van der Waals surface area (Å²) in [5.41, 5.74) is 2.77. The number of carbonyl (C=O) groups excluding carboxylic acids is 2. The molecule has 0 saturated carbocycles. The molecule has 3 aromatic rings. The van der Waals surface area contributed by atoms with Crippen LogP contribution in [0.3, 0.4) is 0 Å². The number of amides is 3. The largest absolute Gasteiger partial charge is 0.497 e. The minimum atomic E-state index is -0.675. The van der Waals surface area contributed by atoms with E-state index in [-0.39, 0.29) is 11.9 Å². The fraction of sp³-hybridized carbons (Fsp3) is 0.286. The number of hydrogen-bond acceptors (Lipinski definition) is 4. The van der Waals surface area contributed by atoms with Crippen LogP contribution in [0, 0.1) is 0 Å². The minimum absolute atomic E-state index is 0.256. The highest BCUT2D eigenvalue weighted by Crippen LogP contribution is 2.27. The molecule has 2 N–H and O–H groups in total. The zero-order chi connectivity index (χ0) is 20.4. The van der Waals surface area contributed by atoms with Gasteiger partial charge in [0.2, 0.25) is 11.9 Å². The first-order chi connectivity index (χ1) is 14.1. The Labute approximate surface area is 168 Å². The van der Waals surface area contributed by atoms with Gasteiger partial charge in [0, 0.05) is 19.6 Å². The van der Waals surface area contributed by atoms with E-state index >= 15 is 0 Å². The van der Waals surface area contributed by atoms with Gasteiger partial charge in [-0.05, 0) is 36.8 Å². The number of carbonyl (C=O) groups is 2. The Morgan fingerprint density at radius 2 is 2.00 bits per heavy atom. The smallest absolute Gasteiger partial charge is 0.324 e. The quantitative estimate of drug-likeness (QED) is 0.696. The summed E-state index contributed by atoms with van der Waals surface area (Å²) in [6.45, 7) is 3.23. The first-order valence-electron chi connectivity index (χ1n) is 9.51. The summed E-state index contributed by atoms with van der Waals surface area (Å²) in [6.07, 6.45) is 0. The number of nitrogens with zero attached hydrogens (tertiary/aromatic N) is 3. The number of benzene rings is 2. The van der Waals surface area contributed by atoms with E-state index in [9.17, 15) is 9.59 Å². The average molecular weight is 393 g/mol. The van der Waals surface area contributed by atoms with Gasteiger partial charge in [-0.15, -0.1) is 0 Å². The molecule has 1 aromatic heterocycles. The van der Waals surface area contributed by atoms with Crippen LogP contribution in [0.1, 0.15) is 12.5 Å². The Bertz CT molecular complexity index is 1060. The van der Waals surface area contributed by atoms with E-state index in [2.05, 4.69) is 15.6 Å². The van der Waals surface area contributed by atoms with Crippen molar-refractivity contribution in [3.63, 3.8) is 0 Å². The van der Waals surface area contributed by atoms with Crippen LogP contribution < -0.4 is 20.3 Å². The minimum Gasteiger partial charge on any atom is -0.497 e. The van der Waals surface area contributed by atoms with Crippen molar-refractivity contribution in [3.8, 4) is 5.75 Å². The Morgan fingerprint density at radius 3 is 2.83 bits per heavy atom. The summed E-state index contributed by atoms with van der Waals surface area (Å²) in [7, 11) is 1.60. The van der Waals surface area contributed by atoms with E-state index in [4.69, 9.17) is 4.74 Å². The monoisotopic (exact) mass is 393 g/mol. The number of urea groups is 1. The molecule has 8 heteroatoms. The van der Waals surface area contributed by atoms with Crippen LogP contribution in [-0.2, 0) is 17.9 Å². The van der Waals surface area contributed by atoms with E-state index in [1.165, 1.54) is 0 Å². The molecular weight excluding hydrogens is 370 g/mol. The lowest BCUT2D eigenvalue weighted by atomic mass is 10.2. The molecule has 4 rings (SSSR count). The van der Waals surface area contributed by atoms with Crippen molar-refractivity contribution in [2.24, 2.45) is 0 Å². The number of ether oxygens (including phenoxy) is 1. The van der Waals surface area contributed by atoms with Crippen LogP contribution in [-0.4, -0.2) is 41.2 Å². The lowest BCUT2D eigenvalue weighted by Gasteiger charge is -2.19. The number of nitrogens with one attached hydrogen (secondary N) is 2. The first-order valence-corrected chi connectivity index (χ1v) is 9.51. The van der Waals surface area contributed by atoms with Crippen molar-refractivity contribution in [1.82, 2.24) is 20.2 Å². The predicted octanol–water partition coefficient (Wildman–Crippen LogP) is 2.28. The summed E-state index contributed by atoms with van der Waals surface area (Å²) in [5.74, 6) is 1.08. The maximum Gasteiger partial charge on any atom is 0.324 e. The first kappa shape index (κ1) is 18.8. The third-order valence-corrected chi connectivity index (χ3v) is 5.00. The number of aromatic nitrogens is 2. The van der Waals surface area contributed by atoms with Crippen molar-refractivity contribution >= 4 is 28.9 Å². The third-order valence-electron chi connectivity index (χ3n) is 5.00. The Morgan fingerprint density at radius 1 is 1.17 bits per heavy atom. The molecule has 0 aliphatic carbocycles. The normalized spacial score (nSPS) is 13.8. The molecule has 0 fully saturated rings. The zero-order valence-electron chi connectivity index (χ0n) is 16.4. The molecule has 8 nitrogen and oxygen atoms in total. The van der Waals surface area contributed by atoms with Gasteiger partial charge in [0.05, 0.1) is 18.1 Å². The topological polar surface area (TPSA) is 88.5 Å². The second kappa shape index (κ2) is 7.83. The van der Waals surface area contributed by atoms with E-state index in [1.807, 2.05) is 53.1 Å². The van der Waals surface area contributed by atoms with Gasteiger partial charge in [0.25, 0.3) is 0 Å². The van der Waals surface area contributed by atoms with Gasteiger partial charge in [-0.2, -0.15) is 0 Å². The fourth-order valence-corrected chi connectivity index (χ4v) is 3.44. The number of hydrogen-bond donors (Lipinski definition) is 2. The molecule has 1 unspecified atom stereocenters. The van der Waals surface area contributed by atoms with E-state index < -0.39 is 6.04 Å². The molecule has 0 saturated heterocycles. The lowest BCUT2D eigenvalue weighted by molar-refractivity contribution is -0.122. The highest BCUT2D eigenvalue weighted by atomic mass is 16.5. The molecule has 29 heavy (non-hydrogen) atoms. The highest BCUT2D eigenvalue weighted by Gasteiger charge is 2.29. The van der Waals surface area contributed by atoms with E-state index in [1.54, 1.807) is 18.9 Å². The Kier molecular flexibility index (Phi) is 5.07. The molecule has 2 aromatic carbocycles. The van der Waals surface area contributed by atoms with Gasteiger partial charge in [0.1, 0.15) is 11.8 Å². The predicted molar refractivity (Wildman–Crippen MR) is 110 cm³/mol. The molecule has 2 heterocycles. The van der Waals surface area contributed by atoms with E-state index in [0.717, 1.165) is 22.3 Å². The van der Waals surface area contributed by atoms with Crippen molar-refractivity contribution < 1.29 is 14.3 Å². The van der Waals surface area contributed by atoms with Gasteiger partial charge < -0.3 is 19.9 Å². The van der Waals surface area contributed by atoms with Crippen LogP contribution in [0.15, 0.2) is 48.5 Å². The molecule has 0 spiro atoms. The number of fused-ring (bicyclic) bond motifs is 3. The Hall–Kier alpha value is -3.55. The number of anilines is 1. The molecule has 1 atom stereocenters. The SMILES string of the molecule is COc1cccc(CNC(=O)C(C)NC(=O)N2CCn3c2nc2ccccc23)c1. The van der Waals surface area contributed by atoms with Gasteiger partial charge in [-0.25, -0.2) is 9.78 Å². The lowest BCUT2D eigenvalue weighted by Crippen LogP contribution is -2.49. The maximum absolute atomic E-state index is 12.7. The summed E-state index contributed by atoms with van der Waals surface area (Å²) in [5, 5.41) is 5.60. The van der Waals surface area contributed by atoms with Crippen molar-refractivity contribution in [2.45, 2.75) is 26.1 Å². The van der Waals surface area contributed by atoms with Crippen LogP contribution in [0.5, 0.6) is 5.75 Å². The molecule has 0 bridgehead atoms. The van der Waals surface area contributed by atoms with Crippen molar-refractivity contribution in [1.29, 1.82) is 0 Å². The van der Waals surface area contributed by atoms with Gasteiger partial charge in [-0.3, -0.25) is 9.69 Å². The summed E-state index contributed by atoms with van der Waals surface area (Å²) in [6, 6.07) is 14.3. The highest BCUT2D eigenvalue weighted by molar-refractivity contribution is 5.96. The third kappa shape index (κ3) is 3.73. The van der Waals surface area contributed by atoms with Crippen LogP contribution in [0.2, 0.25) is 0 Å². The van der Waals surface area contributed by atoms with Gasteiger partial charge in [0.15, 0.2) is 0 Å². The fourth-order valence-electron chi connectivity index (χ4n) is 3.44. The van der Waals surface area contributed by atoms with Crippen LogP contribution in [0.4, 0.5) is 10.7 Å². The van der Waals surface area contributed by atoms with Crippen LogP contribution >= 0.6 is 0 Å². The van der Waals surface area contributed by atoms with Crippen molar-refractivity contribution in [3.05, 3.63) is 54.1 Å². The van der Waals surface area contributed by atoms with Gasteiger partial charge in [-0.1, -0.05) is 24.3 Å². The maximum atomic E-state index is 12.7. The average Bonchev–Trinajstić information content (AvgIpc) is 3.31. The van der Waals surface area contributed by atoms with Gasteiger partial charge >= 0.3 is 6.03 Å². The van der Waals surface area contributed by atoms with Crippen molar-refractivity contribution in [2.75, 3.05) is 18.6 Å². The summed E-state index contributed by atoms with van der Waals surface area (Å²) >= 11 is 0. The second-order valence-electron chi connectivity index (χ2n) is 6.94. The molecule has 0 radical (unpaired) electrons. The second-order valence-corrected chi connectivity index (χ2v) is 6.94. The molecule has 1 aliphatic heterocycles. The number of methoxy groups -OCH3 is 1. The standard InChI is InChI=1S/C21H23N5O3/c1-14(19(27)22-13-15-6-5-7-16(12-15)29-2)23-21(28)26-11-10-25-18-9-4-3-8-17(18)24-20(25)26/h3-9,12,14H,10-11,13H2,1-2H3,(H,22,27)(H,23,28). The molecule has 150 valence electrons. The summed E-state index contributed by atoms with van der Waals surface area (Å²) in [4.78, 5) is 31.3. The number of imidazole rings is 1. The number of rotatable bonds is 5. The van der Waals surface area contributed by atoms with E-state index in [0.29, 0.717) is 25.6 Å². The molecule has 3 amide bonds. The number of para-hydroxylation sites is 2. The molecule has 1 aliphatic rings. The molecular formula is C21H23N5O3.